The summed E-state index contributed by atoms with van der Waals surface area (Å²) >= 11 is 0. The zero-order valence-electron chi connectivity index (χ0n) is 33.2. The van der Waals surface area contributed by atoms with E-state index in [1.807, 2.05) is 0 Å². The fourth-order valence-electron chi connectivity index (χ4n) is 14.1. The standard InChI is InChI=1S/C22H35NO2.C19H28O2.C3H9NO/c1-4-13-25-23-16-9-11-21(2)15(14-16)5-6-17-18-7-8-20(24)22(18,3)12-10-19(17)21;1-18-9-7-13(20)11-12(18)3-4-14-15-5-6-17(21)19(15,2)10-8-16(14)18;1-5-3-2-4/h15,17-19H,4-14H2,1-3H3;12,14-16H,3-11H2,1-2H3;2-4H2,1H3/t15-,17?,18?,19?,21-,22-;12-,14?,15?,16?,18-,19-;/m00./s1. The van der Waals surface area contributed by atoms with E-state index in [2.05, 4.69) is 44.5 Å². The molecule has 8 aliphatic rings. The van der Waals surface area contributed by atoms with Gasteiger partial charge in [0.25, 0.3) is 0 Å². The van der Waals surface area contributed by atoms with Crippen molar-refractivity contribution in [2.75, 3.05) is 26.9 Å². The Labute approximate surface area is 309 Å². The van der Waals surface area contributed by atoms with Gasteiger partial charge in [0.05, 0.1) is 12.3 Å². The second-order valence-electron chi connectivity index (χ2n) is 19.4. The lowest BCUT2D eigenvalue weighted by molar-refractivity contribution is -0.144. The SMILES string of the molecule is CCCON=C1CC[C@]2(C)C3CC[C@]4(C)C(=O)CCC4C3CC[C@H]2C1.COCCN.C[C@]12CCC3C(CC[C@H]4CC(=O)CC[C@]34C)C1CCC2=O. The quantitative estimate of drug-likeness (QED) is 0.226. The van der Waals surface area contributed by atoms with Gasteiger partial charge in [-0.25, -0.2) is 0 Å². The summed E-state index contributed by atoms with van der Waals surface area (Å²) in [6, 6.07) is 0. The Morgan fingerprint density at radius 3 is 1.67 bits per heavy atom. The van der Waals surface area contributed by atoms with Gasteiger partial charge >= 0.3 is 0 Å². The van der Waals surface area contributed by atoms with Gasteiger partial charge in [0, 0.05) is 50.2 Å². The van der Waals surface area contributed by atoms with Crippen LogP contribution in [0.25, 0.3) is 0 Å². The smallest absolute Gasteiger partial charge is 0.139 e. The summed E-state index contributed by atoms with van der Waals surface area (Å²) in [5, 5.41) is 4.45. The molecule has 2 N–H and O–H groups in total. The van der Waals surface area contributed by atoms with E-state index in [-0.39, 0.29) is 10.8 Å². The summed E-state index contributed by atoms with van der Waals surface area (Å²) in [5.41, 5.74) is 7.16. The topological polar surface area (TPSA) is 108 Å². The van der Waals surface area contributed by atoms with E-state index in [1.165, 1.54) is 50.7 Å². The number of hydrogen-bond donors (Lipinski definition) is 1. The number of ether oxygens (including phenoxy) is 1. The van der Waals surface area contributed by atoms with E-state index in [0.717, 1.165) is 113 Å². The van der Waals surface area contributed by atoms with Crippen LogP contribution in [-0.2, 0) is 24.0 Å². The molecule has 0 aliphatic heterocycles. The first-order chi connectivity index (χ1) is 24.4. The van der Waals surface area contributed by atoms with Gasteiger partial charge in [0.2, 0.25) is 0 Å². The van der Waals surface area contributed by atoms with Gasteiger partial charge < -0.3 is 15.3 Å². The molecule has 0 heterocycles. The van der Waals surface area contributed by atoms with Crippen molar-refractivity contribution in [2.24, 2.45) is 79.9 Å². The fraction of sp³-hybridized carbons (Fsp3) is 0.909. The normalized spacial score (nSPS) is 46.2. The molecule has 8 rings (SSSR count). The molecule has 7 nitrogen and oxygen atoms in total. The number of ketones is 3. The number of Topliss-reactive ketones (excluding diaryl/α,β-unsaturated/α-hetero) is 3. The van der Waals surface area contributed by atoms with Crippen molar-refractivity contribution in [1.29, 1.82) is 0 Å². The average Bonchev–Trinajstić information content (AvgIpc) is 3.60. The molecule has 0 amide bonds. The van der Waals surface area contributed by atoms with Crippen LogP contribution in [0.5, 0.6) is 0 Å². The summed E-state index contributed by atoms with van der Waals surface area (Å²) in [6.45, 7) is 13.7. The Balaban J connectivity index is 0.000000157. The number of oxime groups is 1. The molecule has 0 aromatic rings. The summed E-state index contributed by atoms with van der Waals surface area (Å²) in [6.07, 6.45) is 21.2. The average molecular weight is 709 g/mol. The van der Waals surface area contributed by atoms with Gasteiger partial charge in [-0.3, -0.25) is 14.4 Å². The van der Waals surface area contributed by atoms with Crippen molar-refractivity contribution >= 4 is 23.1 Å². The molecule has 8 saturated carbocycles. The molecule has 0 aromatic heterocycles. The molecule has 8 aliphatic carbocycles. The predicted molar refractivity (Wildman–Crippen MR) is 203 cm³/mol. The lowest BCUT2D eigenvalue weighted by Gasteiger charge is -2.59. The maximum absolute atomic E-state index is 12.5. The van der Waals surface area contributed by atoms with Crippen LogP contribution in [0.2, 0.25) is 0 Å². The van der Waals surface area contributed by atoms with E-state index in [1.54, 1.807) is 7.11 Å². The molecule has 6 unspecified atom stereocenters. The highest BCUT2D eigenvalue weighted by atomic mass is 16.6. The molecule has 288 valence electrons. The third kappa shape index (κ3) is 7.07. The number of hydrogen-bond acceptors (Lipinski definition) is 7. The predicted octanol–water partition coefficient (Wildman–Crippen LogP) is 9.14. The highest BCUT2D eigenvalue weighted by molar-refractivity contribution is 5.88. The van der Waals surface area contributed by atoms with Crippen LogP contribution in [0.15, 0.2) is 5.16 Å². The van der Waals surface area contributed by atoms with Crippen LogP contribution in [0.4, 0.5) is 0 Å². The molecule has 51 heavy (non-hydrogen) atoms. The van der Waals surface area contributed by atoms with E-state index in [9.17, 15) is 14.4 Å². The van der Waals surface area contributed by atoms with Gasteiger partial charge in [-0.05, 0) is 154 Å². The van der Waals surface area contributed by atoms with Gasteiger partial charge in [0.1, 0.15) is 24.0 Å². The zero-order chi connectivity index (χ0) is 36.6. The Bertz CT molecular complexity index is 1310. The number of carbonyl (C=O) groups excluding carboxylic acids is 3. The molecule has 0 bridgehead atoms. The minimum absolute atomic E-state index is 0.00511. The molecule has 7 heteroatoms. The van der Waals surface area contributed by atoms with Gasteiger partial charge in [-0.1, -0.05) is 39.8 Å². The molecule has 0 saturated heterocycles. The van der Waals surface area contributed by atoms with Gasteiger partial charge in [-0.15, -0.1) is 0 Å². The highest BCUT2D eigenvalue weighted by Crippen LogP contribution is 2.66. The van der Waals surface area contributed by atoms with E-state index in [0.29, 0.717) is 59.1 Å². The molecular weight excluding hydrogens is 636 g/mol. The summed E-state index contributed by atoms with van der Waals surface area (Å²) < 4.78 is 4.57. The third-order valence-corrected chi connectivity index (χ3v) is 17.2. The van der Waals surface area contributed by atoms with E-state index < -0.39 is 0 Å². The monoisotopic (exact) mass is 709 g/mol. The summed E-state index contributed by atoms with van der Waals surface area (Å²) in [7, 11) is 1.63. The number of carbonyl (C=O) groups is 3. The Morgan fingerprint density at radius 1 is 0.647 bits per heavy atom. The molecule has 0 aromatic carbocycles. The lowest BCUT2D eigenvalue weighted by atomic mass is 9.45. The molecule has 0 radical (unpaired) electrons. The second-order valence-corrected chi connectivity index (χ2v) is 19.4. The first-order valence-electron chi connectivity index (χ1n) is 21.3. The van der Waals surface area contributed by atoms with Gasteiger partial charge in [0.15, 0.2) is 0 Å². The lowest BCUT2D eigenvalue weighted by Crippen LogP contribution is -2.53. The largest absolute Gasteiger partial charge is 0.396 e. The third-order valence-electron chi connectivity index (χ3n) is 17.2. The van der Waals surface area contributed by atoms with E-state index >= 15 is 0 Å². The number of nitrogens with two attached hydrogens (primary N) is 1. The van der Waals surface area contributed by atoms with Crippen molar-refractivity contribution in [3.8, 4) is 0 Å². The number of rotatable bonds is 5. The molecule has 8 fully saturated rings. The van der Waals surface area contributed by atoms with Crippen molar-refractivity contribution < 1.29 is 24.0 Å². The van der Waals surface area contributed by atoms with Crippen molar-refractivity contribution in [3.63, 3.8) is 0 Å². The second kappa shape index (κ2) is 15.6. The van der Waals surface area contributed by atoms with E-state index in [4.69, 9.17) is 10.6 Å². The Hall–Kier alpha value is -1.60. The first-order valence-corrected chi connectivity index (χ1v) is 21.3. The summed E-state index contributed by atoms with van der Waals surface area (Å²) in [4.78, 5) is 42.2. The fourth-order valence-corrected chi connectivity index (χ4v) is 14.1. The molecule has 0 spiro atoms. The summed E-state index contributed by atoms with van der Waals surface area (Å²) in [5.74, 6) is 7.44. The van der Waals surface area contributed by atoms with Crippen LogP contribution in [0, 0.1) is 69.0 Å². The van der Waals surface area contributed by atoms with Crippen molar-refractivity contribution in [1.82, 2.24) is 0 Å². The minimum Gasteiger partial charge on any atom is -0.396 e. The highest BCUT2D eigenvalue weighted by Gasteiger charge is 2.61. The van der Waals surface area contributed by atoms with Crippen molar-refractivity contribution in [3.05, 3.63) is 0 Å². The number of fused-ring (bicyclic) bond motifs is 10. The maximum atomic E-state index is 12.5. The van der Waals surface area contributed by atoms with Crippen LogP contribution in [-0.4, -0.2) is 49.9 Å². The molecular formula is C44H72N2O5. The molecule has 12 atom stereocenters. The van der Waals surface area contributed by atoms with Gasteiger partial charge in [-0.2, -0.15) is 0 Å². The van der Waals surface area contributed by atoms with Crippen LogP contribution in [0.1, 0.15) is 157 Å². The maximum Gasteiger partial charge on any atom is 0.139 e. The zero-order valence-corrected chi connectivity index (χ0v) is 33.2. The minimum atomic E-state index is -0.00511. The number of methoxy groups -OCH3 is 1. The van der Waals surface area contributed by atoms with Crippen molar-refractivity contribution in [2.45, 2.75) is 157 Å². The van der Waals surface area contributed by atoms with Crippen LogP contribution < -0.4 is 5.73 Å². The Morgan fingerprint density at radius 2 is 1.18 bits per heavy atom. The number of nitrogens with zero attached hydrogens (tertiary/aromatic N) is 1. The Kier molecular flexibility index (Phi) is 12.0. The van der Waals surface area contributed by atoms with Crippen LogP contribution >= 0.6 is 0 Å². The first kappa shape index (κ1) is 39.1. The van der Waals surface area contributed by atoms with Crippen LogP contribution in [0.3, 0.4) is 0 Å².